The number of aromatic nitrogens is 3. The van der Waals surface area contributed by atoms with Gasteiger partial charge in [0, 0.05) is 19.5 Å². The van der Waals surface area contributed by atoms with Gasteiger partial charge in [0.05, 0.1) is 5.69 Å². The fourth-order valence-corrected chi connectivity index (χ4v) is 5.18. The summed E-state index contributed by atoms with van der Waals surface area (Å²) in [6, 6.07) is 4.75. The second-order valence-electron chi connectivity index (χ2n) is 9.56. The lowest BCUT2D eigenvalue weighted by Crippen LogP contribution is -2.41. The molecule has 2 aromatic heterocycles. The van der Waals surface area contributed by atoms with Gasteiger partial charge in [-0.2, -0.15) is 10.4 Å². The first-order chi connectivity index (χ1) is 17.8. The predicted octanol–water partition coefficient (Wildman–Crippen LogP) is 1.96. The number of amides is 2. The van der Waals surface area contributed by atoms with Crippen LogP contribution in [0.1, 0.15) is 58.1 Å². The first-order valence-corrected chi connectivity index (χ1v) is 12.8. The third kappa shape index (κ3) is 5.25. The Kier molecular flexibility index (Phi) is 8.26. The molecule has 1 aliphatic heterocycles. The molecule has 0 aromatic carbocycles. The van der Waals surface area contributed by atoms with E-state index in [4.69, 9.17) is 9.47 Å². The summed E-state index contributed by atoms with van der Waals surface area (Å²) >= 11 is 0. The molecule has 2 fully saturated rings. The zero-order chi connectivity index (χ0) is 26.6. The fourth-order valence-electron chi connectivity index (χ4n) is 5.18. The number of hydrogen-bond donors (Lipinski definition) is 3. The molecule has 2 aliphatic rings. The minimum atomic E-state index is -1.99. The fraction of sp³-hybridized carbons (Fsp3) is 0.640. The number of aliphatic hydroxyl groups excluding tert-OH is 2. The van der Waals surface area contributed by atoms with Crippen LogP contribution in [0, 0.1) is 17.2 Å². The number of nitrogens with zero attached hydrogens (tertiary/aromatic N) is 5. The van der Waals surface area contributed by atoms with Crippen molar-refractivity contribution in [3.8, 4) is 6.07 Å². The number of fused-ring (bicyclic) bond motifs is 1. The SMILES string of the molecule is CCN(CC)C(=O)Nc1ncnn2c([C@]3(C#N)O[C@H](COC(=O)CC4CCCCC4)[C@@H](O)[C@H]3O)ccc12. The molecule has 3 N–H and O–H groups in total. The van der Waals surface area contributed by atoms with Crippen molar-refractivity contribution in [2.45, 2.75) is 76.3 Å². The Balaban J connectivity index is 1.52. The predicted molar refractivity (Wildman–Crippen MR) is 131 cm³/mol. The minimum absolute atomic E-state index is 0.147. The number of nitrogens with one attached hydrogen (secondary N) is 1. The lowest BCUT2D eigenvalue weighted by molar-refractivity contribution is -0.152. The third-order valence-corrected chi connectivity index (χ3v) is 7.32. The molecule has 12 heteroatoms. The van der Waals surface area contributed by atoms with Gasteiger partial charge in [0.15, 0.2) is 5.82 Å². The van der Waals surface area contributed by atoms with E-state index >= 15 is 0 Å². The van der Waals surface area contributed by atoms with Crippen molar-refractivity contribution in [2.75, 3.05) is 25.0 Å². The Bertz CT molecular complexity index is 1150. The molecule has 0 unspecified atom stereocenters. The van der Waals surface area contributed by atoms with E-state index in [1.807, 2.05) is 19.9 Å². The molecule has 1 saturated carbocycles. The van der Waals surface area contributed by atoms with Crippen LogP contribution in [0.3, 0.4) is 0 Å². The maximum atomic E-state index is 12.5. The second kappa shape index (κ2) is 11.4. The summed E-state index contributed by atoms with van der Waals surface area (Å²) in [4.78, 5) is 30.6. The van der Waals surface area contributed by atoms with E-state index in [9.17, 15) is 25.1 Å². The summed E-state index contributed by atoms with van der Waals surface area (Å²) < 4.78 is 12.6. The molecular formula is C25H34N6O6. The van der Waals surface area contributed by atoms with Gasteiger partial charge in [0.2, 0.25) is 5.60 Å². The molecule has 0 spiro atoms. The van der Waals surface area contributed by atoms with Crippen LogP contribution in [0.15, 0.2) is 18.5 Å². The first kappa shape index (κ1) is 26.8. The quantitative estimate of drug-likeness (QED) is 0.447. The number of hydrogen-bond acceptors (Lipinski definition) is 9. The second-order valence-corrected chi connectivity index (χ2v) is 9.56. The van der Waals surface area contributed by atoms with Crippen LogP contribution in [-0.2, 0) is 19.9 Å². The number of carbonyl (C=O) groups is 2. The number of urea groups is 1. The van der Waals surface area contributed by atoms with Crippen molar-refractivity contribution >= 4 is 23.3 Å². The van der Waals surface area contributed by atoms with Gasteiger partial charge in [-0.15, -0.1) is 0 Å². The Morgan fingerprint density at radius 1 is 1.27 bits per heavy atom. The van der Waals surface area contributed by atoms with E-state index in [0.717, 1.165) is 25.7 Å². The standard InChI is InChI=1S/C25H34N6O6/c1-3-30(4-2)24(35)29-23-17-10-11-19(31(17)28-15-27-23)25(14-26)22(34)21(33)18(37-25)13-36-20(32)12-16-8-6-5-7-9-16/h10-11,15-16,18,21-22,33-34H,3-9,12-13H2,1-2H3,(H,27,28,29,35)/t18-,21-,22-,25+/m1/s1. The Labute approximate surface area is 215 Å². The number of rotatable bonds is 8. The molecule has 1 aliphatic carbocycles. The number of ether oxygens (including phenoxy) is 2. The van der Waals surface area contributed by atoms with Crippen molar-refractivity contribution in [2.24, 2.45) is 5.92 Å². The smallest absolute Gasteiger partial charge is 0.323 e. The molecule has 2 amide bonds. The van der Waals surface area contributed by atoms with E-state index < -0.39 is 23.9 Å². The maximum absolute atomic E-state index is 12.5. The van der Waals surface area contributed by atoms with Crippen molar-refractivity contribution in [3.05, 3.63) is 24.2 Å². The molecule has 12 nitrogen and oxygen atoms in total. The van der Waals surface area contributed by atoms with Crippen molar-refractivity contribution in [1.29, 1.82) is 5.26 Å². The number of anilines is 1. The van der Waals surface area contributed by atoms with E-state index in [1.54, 1.807) is 11.0 Å². The van der Waals surface area contributed by atoms with Gasteiger partial charge in [-0.25, -0.2) is 14.3 Å². The van der Waals surface area contributed by atoms with Crippen molar-refractivity contribution in [1.82, 2.24) is 19.5 Å². The number of esters is 1. The molecule has 37 heavy (non-hydrogen) atoms. The number of aliphatic hydroxyl groups is 2. The molecule has 0 bridgehead atoms. The summed E-state index contributed by atoms with van der Waals surface area (Å²) in [5.74, 6) is 0.122. The highest BCUT2D eigenvalue weighted by Gasteiger charge is 2.57. The summed E-state index contributed by atoms with van der Waals surface area (Å²) in [6.45, 7) is 4.45. The molecule has 200 valence electrons. The van der Waals surface area contributed by atoms with Crippen LogP contribution in [0.25, 0.3) is 5.52 Å². The van der Waals surface area contributed by atoms with Crippen LogP contribution in [0.4, 0.5) is 10.6 Å². The Morgan fingerprint density at radius 2 is 2.00 bits per heavy atom. The van der Waals surface area contributed by atoms with Gasteiger partial charge in [0.25, 0.3) is 0 Å². The Morgan fingerprint density at radius 3 is 2.68 bits per heavy atom. The van der Waals surface area contributed by atoms with Gasteiger partial charge in [0.1, 0.15) is 42.8 Å². The highest BCUT2D eigenvalue weighted by molar-refractivity contribution is 5.92. The average Bonchev–Trinajstić information content (AvgIpc) is 3.45. The lowest BCUT2D eigenvalue weighted by Gasteiger charge is -2.24. The molecule has 4 rings (SSSR count). The lowest BCUT2D eigenvalue weighted by atomic mass is 9.87. The van der Waals surface area contributed by atoms with Gasteiger partial charge in [-0.3, -0.25) is 10.1 Å². The maximum Gasteiger partial charge on any atom is 0.323 e. The Hall–Kier alpha value is -3.27. The van der Waals surface area contributed by atoms with Crippen LogP contribution >= 0.6 is 0 Å². The summed E-state index contributed by atoms with van der Waals surface area (Å²) in [6.07, 6.45) is 2.67. The average molecular weight is 515 g/mol. The van der Waals surface area contributed by atoms with Crippen molar-refractivity contribution < 1.29 is 29.3 Å². The number of nitriles is 1. The van der Waals surface area contributed by atoms with Gasteiger partial charge < -0.3 is 24.6 Å². The van der Waals surface area contributed by atoms with E-state index in [-0.39, 0.29) is 30.1 Å². The largest absolute Gasteiger partial charge is 0.463 e. The molecule has 2 aromatic rings. The minimum Gasteiger partial charge on any atom is -0.463 e. The van der Waals surface area contributed by atoms with Crippen LogP contribution in [0.2, 0.25) is 0 Å². The van der Waals surface area contributed by atoms with E-state index in [1.165, 1.54) is 23.3 Å². The molecular weight excluding hydrogens is 480 g/mol. The molecule has 0 radical (unpaired) electrons. The number of carbonyl (C=O) groups excluding carboxylic acids is 2. The van der Waals surface area contributed by atoms with Crippen LogP contribution in [0.5, 0.6) is 0 Å². The van der Waals surface area contributed by atoms with Gasteiger partial charge >= 0.3 is 12.0 Å². The molecule has 1 saturated heterocycles. The zero-order valence-corrected chi connectivity index (χ0v) is 21.2. The highest BCUT2D eigenvalue weighted by atomic mass is 16.6. The van der Waals surface area contributed by atoms with E-state index in [2.05, 4.69) is 15.4 Å². The molecule has 3 heterocycles. The first-order valence-electron chi connectivity index (χ1n) is 12.8. The summed E-state index contributed by atoms with van der Waals surface area (Å²) in [5, 5.41) is 38.6. The van der Waals surface area contributed by atoms with Gasteiger partial charge in [-0.05, 0) is 44.7 Å². The third-order valence-electron chi connectivity index (χ3n) is 7.32. The van der Waals surface area contributed by atoms with Crippen LogP contribution in [-0.4, -0.2) is 79.7 Å². The molecule has 4 atom stereocenters. The van der Waals surface area contributed by atoms with Crippen LogP contribution < -0.4 is 5.32 Å². The summed E-state index contributed by atoms with van der Waals surface area (Å²) in [7, 11) is 0. The van der Waals surface area contributed by atoms with E-state index in [0.29, 0.717) is 30.9 Å². The van der Waals surface area contributed by atoms with Gasteiger partial charge in [-0.1, -0.05) is 19.3 Å². The normalized spacial score (nSPS) is 26.1. The monoisotopic (exact) mass is 514 g/mol. The topological polar surface area (TPSA) is 162 Å². The summed E-state index contributed by atoms with van der Waals surface area (Å²) in [5.41, 5.74) is -1.46. The van der Waals surface area contributed by atoms with Crippen molar-refractivity contribution in [3.63, 3.8) is 0 Å². The highest BCUT2D eigenvalue weighted by Crippen LogP contribution is 2.40. The zero-order valence-electron chi connectivity index (χ0n) is 21.2.